The van der Waals surface area contributed by atoms with E-state index in [2.05, 4.69) is 115 Å². The highest BCUT2D eigenvalue weighted by Gasteiger charge is 2.17. The van der Waals surface area contributed by atoms with Gasteiger partial charge in [0.25, 0.3) is 0 Å². The van der Waals surface area contributed by atoms with E-state index in [-0.39, 0.29) is 0 Å². The molecule has 2 aromatic heterocycles. The quantitative estimate of drug-likeness (QED) is 0.181. The molecule has 0 saturated carbocycles. The second-order valence-electron chi connectivity index (χ2n) is 12.0. The Kier molecular flexibility index (Phi) is 7.34. The molecule has 0 atom stereocenters. The molecule has 0 N–H and O–H groups in total. The molecule has 0 aliphatic rings. The normalized spacial score (nSPS) is 11.3. The van der Waals surface area contributed by atoms with Crippen LogP contribution in [0.5, 0.6) is 0 Å². The summed E-state index contributed by atoms with van der Waals surface area (Å²) in [4.78, 5) is 14.9. The van der Waals surface area contributed by atoms with Gasteiger partial charge in [-0.1, -0.05) is 152 Å². The summed E-state index contributed by atoms with van der Waals surface area (Å²) in [5, 5.41) is 2.60. The van der Waals surface area contributed by atoms with Crippen LogP contribution < -0.4 is 0 Å². The second-order valence-corrected chi connectivity index (χ2v) is 13.1. The number of fused-ring (bicyclic) bond motifs is 3. The molecule has 3 nitrogen and oxygen atoms in total. The summed E-state index contributed by atoms with van der Waals surface area (Å²) in [7, 11) is 0. The minimum Gasteiger partial charge on any atom is -0.208 e. The Balaban J connectivity index is 1.22. The standard InChI is InChI=1S/C45H29N3S/c1-4-14-30(15-5-1)42-36(23-13-24-37(42)34-26-27-41-39(29-34)38-22-10-11-25-40(38)49-41)33-20-12-21-35(28-33)45-47-43(31-16-6-2-7-17-31)46-44(48-45)32-18-8-3-9-19-32/h1-29H. The van der Waals surface area contributed by atoms with E-state index < -0.39 is 0 Å². The molecule has 2 heterocycles. The van der Waals surface area contributed by atoms with E-state index >= 15 is 0 Å². The fourth-order valence-corrected chi connectivity index (χ4v) is 7.69. The van der Waals surface area contributed by atoms with Crippen molar-refractivity contribution in [3.63, 3.8) is 0 Å². The molecule has 49 heavy (non-hydrogen) atoms. The van der Waals surface area contributed by atoms with Gasteiger partial charge in [0.05, 0.1) is 0 Å². The van der Waals surface area contributed by atoms with Crippen molar-refractivity contribution in [2.45, 2.75) is 0 Å². The van der Waals surface area contributed by atoms with Gasteiger partial charge in [-0.3, -0.25) is 0 Å². The largest absolute Gasteiger partial charge is 0.208 e. The van der Waals surface area contributed by atoms with Crippen molar-refractivity contribution in [1.82, 2.24) is 15.0 Å². The first-order chi connectivity index (χ1) is 24.3. The first kappa shape index (κ1) is 29.0. The molecule has 9 rings (SSSR count). The number of hydrogen-bond donors (Lipinski definition) is 0. The number of thiophene rings is 1. The summed E-state index contributed by atoms with van der Waals surface area (Å²) in [5.74, 6) is 1.94. The molecule has 0 spiro atoms. The van der Waals surface area contributed by atoms with Gasteiger partial charge in [-0.2, -0.15) is 0 Å². The minimum atomic E-state index is 0.641. The van der Waals surface area contributed by atoms with Gasteiger partial charge in [-0.05, 0) is 57.6 Å². The second kappa shape index (κ2) is 12.4. The van der Waals surface area contributed by atoms with Crippen LogP contribution >= 0.6 is 11.3 Å². The zero-order valence-electron chi connectivity index (χ0n) is 26.5. The molecule has 0 aliphatic heterocycles. The van der Waals surface area contributed by atoms with Crippen molar-refractivity contribution in [2.24, 2.45) is 0 Å². The lowest BCUT2D eigenvalue weighted by molar-refractivity contribution is 1.07. The molecule has 9 aromatic rings. The van der Waals surface area contributed by atoms with Crippen LogP contribution in [0, 0.1) is 0 Å². The third-order valence-electron chi connectivity index (χ3n) is 8.95. The van der Waals surface area contributed by atoms with E-state index in [4.69, 9.17) is 15.0 Å². The molecule has 0 aliphatic carbocycles. The smallest absolute Gasteiger partial charge is 0.164 e. The summed E-state index contributed by atoms with van der Waals surface area (Å²) < 4.78 is 2.62. The highest BCUT2D eigenvalue weighted by molar-refractivity contribution is 7.25. The van der Waals surface area contributed by atoms with Crippen LogP contribution in [-0.4, -0.2) is 15.0 Å². The van der Waals surface area contributed by atoms with E-state index in [1.807, 2.05) is 72.0 Å². The van der Waals surface area contributed by atoms with E-state index in [1.165, 1.54) is 42.4 Å². The molecule has 4 heteroatoms. The Morgan fingerprint density at radius 2 is 0.776 bits per heavy atom. The maximum atomic E-state index is 5.01. The average Bonchev–Trinajstić information content (AvgIpc) is 3.56. The monoisotopic (exact) mass is 643 g/mol. The zero-order chi connectivity index (χ0) is 32.6. The van der Waals surface area contributed by atoms with Crippen LogP contribution in [0.4, 0.5) is 0 Å². The molecule has 7 aromatic carbocycles. The Hall–Kier alpha value is -6.23. The van der Waals surface area contributed by atoms with E-state index in [9.17, 15) is 0 Å². The highest BCUT2D eigenvalue weighted by Crippen LogP contribution is 2.43. The highest BCUT2D eigenvalue weighted by atomic mass is 32.1. The lowest BCUT2D eigenvalue weighted by atomic mass is 9.87. The van der Waals surface area contributed by atoms with Crippen LogP contribution in [0.15, 0.2) is 176 Å². The van der Waals surface area contributed by atoms with Gasteiger partial charge >= 0.3 is 0 Å². The maximum absolute atomic E-state index is 5.01. The van der Waals surface area contributed by atoms with Gasteiger partial charge < -0.3 is 0 Å². The Labute approximate surface area is 288 Å². The number of hydrogen-bond acceptors (Lipinski definition) is 4. The molecular formula is C45H29N3S. The molecule has 0 unspecified atom stereocenters. The first-order valence-electron chi connectivity index (χ1n) is 16.4. The van der Waals surface area contributed by atoms with Crippen molar-refractivity contribution in [3.8, 4) is 67.5 Å². The number of nitrogens with zero attached hydrogens (tertiary/aromatic N) is 3. The lowest BCUT2D eigenvalue weighted by Gasteiger charge is -2.17. The van der Waals surface area contributed by atoms with Gasteiger partial charge in [0.1, 0.15) is 0 Å². The van der Waals surface area contributed by atoms with Gasteiger partial charge in [0.2, 0.25) is 0 Å². The summed E-state index contributed by atoms with van der Waals surface area (Å²) in [6, 6.07) is 61.7. The molecule has 0 fully saturated rings. The Bertz CT molecular complexity index is 2540. The van der Waals surface area contributed by atoms with E-state index in [0.717, 1.165) is 27.8 Å². The molecular weight excluding hydrogens is 615 g/mol. The first-order valence-corrected chi connectivity index (χ1v) is 17.2. The molecule has 230 valence electrons. The van der Waals surface area contributed by atoms with Crippen LogP contribution in [0.25, 0.3) is 87.7 Å². The molecule has 0 radical (unpaired) electrons. The number of aromatic nitrogens is 3. The van der Waals surface area contributed by atoms with Crippen LogP contribution in [0.3, 0.4) is 0 Å². The van der Waals surface area contributed by atoms with Crippen molar-refractivity contribution >= 4 is 31.5 Å². The third kappa shape index (κ3) is 5.48. The van der Waals surface area contributed by atoms with Crippen LogP contribution in [0.2, 0.25) is 0 Å². The topological polar surface area (TPSA) is 38.7 Å². The van der Waals surface area contributed by atoms with Crippen LogP contribution in [0.1, 0.15) is 0 Å². The number of benzene rings is 7. The maximum Gasteiger partial charge on any atom is 0.164 e. The summed E-state index contributed by atoms with van der Waals surface area (Å²) in [6.07, 6.45) is 0. The Morgan fingerprint density at radius 3 is 1.43 bits per heavy atom. The average molecular weight is 644 g/mol. The predicted octanol–water partition coefficient (Wildman–Crippen LogP) is 12.2. The lowest BCUT2D eigenvalue weighted by Crippen LogP contribution is -2.00. The van der Waals surface area contributed by atoms with Gasteiger partial charge in [0, 0.05) is 36.9 Å². The summed E-state index contributed by atoms with van der Waals surface area (Å²) in [6.45, 7) is 0. The summed E-state index contributed by atoms with van der Waals surface area (Å²) in [5.41, 5.74) is 9.86. The predicted molar refractivity (Wildman–Crippen MR) is 205 cm³/mol. The minimum absolute atomic E-state index is 0.641. The molecule has 0 saturated heterocycles. The molecule has 0 amide bonds. The zero-order valence-corrected chi connectivity index (χ0v) is 27.3. The summed E-state index contributed by atoms with van der Waals surface area (Å²) >= 11 is 1.85. The fourth-order valence-electron chi connectivity index (χ4n) is 6.61. The molecule has 0 bridgehead atoms. The fraction of sp³-hybridized carbons (Fsp3) is 0. The van der Waals surface area contributed by atoms with E-state index in [0.29, 0.717) is 17.5 Å². The van der Waals surface area contributed by atoms with Gasteiger partial charge in [-0.25, -0.2) is 15.0 Å². The van der Waals surface area contributed by atoms with E-state index in [1.54, 1.807) is 0 Å². The van der Waals surface area contributed by atoms with Crippen molar-refractivity contribution in [2.75, 3.05) is 0 Å². The van der Waals surface area contributed by atoms with Crippen LogP contribution in [-0.2, 0) is 0 Å². The van der Waals surface area contributed by atoms with Crippen molar-refractivity contribution in [1.29, 1.82) is 0 Å². The van der Waals surface area contributed by atoms with Crippen molar-refractivity contribution < 1.29 is 0 Å². The SMILES string of the molecule is c1ccc(-c2nc(-c3ccccc3)nc(-c3cccc(-c4cccc(-c5ccc6sc7ccccc7c6c5)c4-c4ccccc4)c3)n2)cc1. The van der Waals surface area contributed by atoms with Gasteiger partial charge in [0.15, 0.2) is 17.5 Å². The Morgan fingerprint density at radius 1 is 0.306 bits per heavy atom. The third-order valence-corrected chi connectivity index (χ3v) is 10.1. The van der Waals surface area contributed by atoms with Gasteiger partial charge in [-0.15, -0.1) is 11.3 Å². The number of rotatable bonds is 6. The van der Waals surface area contributed by atoms with Crippen molar-refractivity contribution in [3.05, 3.63) is 176 Å².